The number of imide groups is 1. The van der Waals surface area contributed by atoms with Gasteiger partial charge < -0.3 is 15.1 Å². The topological polar surface area (TPSA) is 147 Å². The van der Waals surface area contributed by atoms with Crippen molar-refractivity contribution in [3.05, 3.63) is 53.2 Å². The van der Waals surface area contributed by atoms with Crippen molar-refractivity contribution in [2.45, 2.75) is 115 Å². The fourth-order valence-corrected chi connectivity index (χ4v) is 10.5. The lowest BCUT2D eigenvalue weighted by Gasteiger charge is -2.44. The zero-order chi connectivity index (χ0) is 43.3. The number of rotatable bonds is 10. The predicted molar refractivity (Wildman–Crippen MR) is 224 cm³/mol. The summed E-state index contributed by atoms with van der Waals surface area (Å²) in [7, 11) is 1.78. The first kappa shape index (κ1) is 43.2. The molecule has 4 fully saturated rings. The van der Waals surface area contributed by atoms with E-state index in [4.69, 9.17) is 12.2 Å². The number of thiocarbonyl (C=S) groups is 1. The number of aryl methyl sites for hydroxylation is 1. The third-order valence-electron chi connectivity index (χ3n) is 12.9. The molecule has 60 heavy (non-hydrogen) atoms. The summed E-state index contributed by atoms with van der Waals surface area (Å²) in [5, 5.41) is 20.3. The van der Waals surface area contributed by atoms with Gasteiger partial charge in [0.1, 0.15) is 5.54 Å². The van der Waals surface area contributed by atoms with Crippen molar-refractivity contribution >= 4 is 63.2 Å². The SMILES string of the molecule is C[C@@H]1CN(CCC[C@H]2CC[C@H](N3C(=S)N(c4ccc(C#N)c(C(F)(F)F)c4)C(=O)C3(C)C)CC2)C[C@H](C)N1CC(=O)Nc1cccc2c(C3CCC(=O)NC3=O)nn(C)c12. The first-order valence-corrected chi connectivity index (χ1v) is 21.2. The van der Waals surface area contributed by atoms with Crippen LogP contribution in [0.15, 0.2) is 36.4 Å². The second-order valence-corrected chi connectivity index (χ2v) is 17.8. The molecule has 17 heteroatoms. The van der Waals surface area contributed by atoms with Gasteiger partial charge in [-0.1, -0.05) is 12.1 Å². The third kappa shape index (κ3) is 8.38. The van der Waals surface area contributed by atoms with Crippen LogP contribution >= 0.6 is 12.2 Å². The maximum Gasteiger partial charge on any atom is 0.417 e. The molecule has 4 aliphatic rings. The van der Waals surface area contributed by atoms with Crippen molar-refractivity contribution in [3.63, 3.8) is 0 Å². The van der Waals surface area contributed by atoms with Crippen LogP contribution in [0.1, 0.15) is 102 Å². The summed E-state index contributed by atoms with van der Waals surface area (Å²) in [5.41, 5.74) is -0.689. The number of carbonyl (C=O) groups is 4. The molecule has 3 saturated heterocycles. The Labute approximate surface area is 353 Å². The van der Waals surface area contributed by atoms with Gasteiger partial charge in [-0.2, -0.15) is 23.5 Å². The average molecular weight is 848 g/mol. The number of amides is 4. The number of hydrogen-bond donors (Lipinski definition) is 2. The molecule has 0 radical (unpaired) electrons. The van der Waals surface area contributed by atoms with E-state index in [0.29, 0.717) is 23.7 Å². The highest BCUT2D eigenvalue weighted by Crippen LogP contribution is 2.42. The minimum atomic E-state index is -4.75. The van der Waals surface area contributed by atoms with Crippen molar-refractivity contribution in [3.8, 4) is 6.07 Å². The molecule has 2 aromatic carbocycles. The number of piperazine rings is 1. The Morgan fingerprint density at radius 2 is 1.75 bits per heavy atom. The first-order valence-electron chi connectivity index (χ1n) is 20.8. The smallest absolute Gasteiger partial charge is 0.331 e. The van der Waals surface area contributed by atoms with E-state index in [2.05, 4.69) is 39.4 Å². The highest BCUT2D eigenvalue weighted by Gasteiger charge is 2.52. The first-order chi connectivity index (χ1) is 28.4. The van der Waals surface area contributed by atoms with E-state index in [1.165, 1.54) is 11.0 Å². The number of anilines is 2. The number of halogens is 3. The summed E-state index contributed by atoms with van der Waals surface area (Å²) in [6.45, 7) is 10.7. The molecule has 13 nitrogen and oxygen atoms in total. The molecule has 1 aromatic heterocycles. The summed E-state index contributed by atoms with van der Waals surface area (Å²) in [6, 6.07) is 10.7. The number of piperidine rings is 1. The predicted octanol–water partition coefficient (Wildman–Crippen LogP) is 6.07. The van der Waals surface area contributed by atoms with E-state index < -0.39 is 28.8 Å². The van der Waals surface area contributed by atoms with Crippen LogP contribution in [0.25, 0.3) is 10.9 Å². The molecule has 1 unspecified atom stereocenters. The Hall–Kier alpha value is -4.92. The van der Waals surface area contributed by atoms with Gasteiger partial charge in [0.05, 0.1) is 52.2 Å². The maximum atomic E-state index is 13.8. The van der Waals surface area contributed by atoms with Gasteiger partial charge in [-0.05, 0) is 122 Å². The molecule has 3 atom stereocenters. The Morgan fingerprint density at radius 3 is 2.40 bits per heavy atom. The maximum absolute atomic E-state index is 13.8. The van der Waals surface area contributed by atoms with Crippen LogP contribution in [0.4, 0.5) is 24.5 Å². The minimum absolute atomic E-state index is 0.00964. The van der Waals surface area contributed by atoms with Crippen LogP contribution in [-0.4, -0.2) is 103 Å². The molecular formula is C43H52F3N9O4S. The molecule has 2 N–H and O–H groups in total. The minimum Gasteiger partial charge on any atom is -0.331 e. The van der Waals surface area contributed by atoms with Crippen LogP contribution in [0, 0.1) is 17.2 Å². The summed E-state index contributed by atoms with van der Waals surface area (Å²) in [4.78, 5) is 59.3. The molecule has 4 heterocycles. The lowest BCUT2D eigenvalue weighted by atomic mass is 9.82. The van der Waals surface area contributed by atoms with E-state index in [0.717, 1.165) is 81.2 Å². The number of fused-ring (bicyclic) bond motifs is 1. The van der Waals surface area contributed by atoms with Crippen LogP contribution in [0.5, 0.6) is 0 Å². The van der Waals surface area contributed by atoms with Crippen molar-refractivity contribution in [1.82, 2.24) is 29.8 Å². The van der Waals surface area contributed by atoms with E-state index in [1.807, 2.05) is 23.1 Å². The van der Waals surface area contributed by atoms with Crippen molar-refractivity contribution < 1.29 is 32.3 Å². The standard InChI is InChI=1S/C43H52F3N9O4S/c1-25-22-52(23-26(2)53(25)24-36(57)48-34-10-6-9-31-37(50-51(5)38(31)34)32-17-18-35(56)49-39(32)58)19-7-8-27-11-14-29(15-12-27)55-41(60)54(40(59)42(55,3)4)30-16-13-28(21-47)33(20-30)43(44,45)46/h6,9-10,13,16,20,25-27,29,32H,7-8,11-12,14-15,17-19,22-24H2,1-5H3,(H,48,57)(H,49,56,58)/t25-,26+,27-,29-,32?. The Bertz CT molecular complexity index is 2230. The normalized spacial score (nSPS) is 25.5. The van der Waals surface area contributed by atoms with Gasteiger partial charge in [-0.3, -0.25) is 39.0 Å². The number of hydrogen-bond acceptors (Lipinski definition) is 9. The van der Waals surface area contributed by atoms with Crippen molar-refractivity contribution in [2.75, 3.05) is 36.4 Å². The molecule has 3 aromatic rings. The highest BCUT2D eigenvalue weighted by atomic mass is 32.1. The summed E-state index contributed by atoms with van der Waals surface area (Å²) >= 11 is 5.78. The van der Waals surface area contributed by atoms with Gasteiger partial charge in [0.2, 0.25) is 17.7 Å². The number of nitrogens with zero attached hydrogens (tertiary/aromatic N) is 7. The number of para-hydroxylation sites is 1. The van der Waals surface area contributed by atoms with E-state index in [1.54, 1.807) is 31.6 Å². The summed E-state index contributed by atoms with van der Waals surface area (Å²) in [6.07, 6.45) is 1.55. The number of benzene rings is 2. The molecular weight excluding hydrogens is 796 g/mol. The van der Waals surface area contributed by atoms with Gasteiger partial charge >= 0.3 is 6.18 Å². The largest absolute Gasteiger partial charge is 0.417 e. The number of nitrogens with one attached hydrogen (secondary N) is 2. The summed E-state index contributed by atoms with van der Waals surface area (Å²) in [5.74, 6) is -1.17. The number of alkyl halides is 3. The second-order valence-electron chi connectivity index (χ2n) is 17.4. The van der Waals surface area contributed by atoms with Gasteiger partial charge in [-0.25, -0.2) is 0 Å². The number of carbonyl (C=O) groups excluding carboxylic acids is 4. The molecule has 4 amide bonds. The molecule has 1 saturated carbocycles. The zero-order valence-corrected chi connectivity index (χ0v) is 35.5. The molecule has 0 spiro atoms. The lowest BCUT2D eigenvalue weighted by molar-refractivity contribution is -0.138. The van der Waals surface area contributed by atoms with Crippen LogP contribution in [0.2, 0.25) is 0 Å². The van der Waals surface area contributed by atoms with Crippen LogP contribution in [-0.2, 0) is 32.4 Å². The Balaban J connectivity index is 0.884. The number of aromatic nitrogens is 2. The average Bonchev–Trinajstić information content (AvgIpc) is 3.61. The molecule has 0 bridgehead atoms. The van der Waals surface area contributed by atoms with E-state index in [9.17, 15) is 37.6 Å². The molecule has 1 aliphatic carbocycles. The molecule has 3 aliphatic heterocycles. The lowest BCUT2D eigenvalue weighted by Crippen LogP contribution is -2.58. The van der Waals surface area contributed by atoms with Gasteiger partial charge in [0, 0.05) is 50.1 Å². The zero-order valence-electron chi connectivity index (χ0n) is 34.6. The van der Waals surface area contributed by atoms with Gasteiger partial charge in [0.25, 0.3) is 5.91 Å². The van der Waals surface area contributed by atoms with Crippen LogP contribution < -0.4 is 15.5 Å². The van der Waals surface area contributed by atoms with Gasteiger partial charge in [0.15, 0.2) is 5.11 Å². The van der Waals surface area contributed by atoms with Crippen molar-refractivity contribution in [1.29, 1.82) is 5.26 Å². The van der Waals surface area contributed by atoms with Gasteiger partial charge in [-0.15, -0.1) is 0 Å². The molecule has 7 rings (SSSR count). The second kappa shape index (κ2) is 16.9. The van der Waals surface area contributed by atoms with Crippen molar-refractivity contribution in [2.24, 2.45) is 13.0 Å². The quantitative estimate of drug-likeness (QED) is 0.182. The van der Waals surface area contributed by atoms with E-state index >= 15 is 0 Å². The molecule has 320 valence electrons. The fourth-order valence-electron chi connectivity index (χ4n) is 9.94. The van der Waals surface area contributed by atoms with Crippen LogP contribution in [0.3, 0.4) is 0 Å². The fraction of sp³-hybridized carbons (Fsp3) is 0.558. The Morgan fingerprint density at radius 1 is 1.05 bits per heavy atom. The highest BCUT2D eigenvalue weighted by molar-refractivity contribution is 7.80. The third-order valence-corrected chi connectivity index (χ3v) is 13.3. The Kier molecular flexibility index (Phi) is 12.1. The monoisotopic (exact) mass is 847 g/mol. The number of nitriles is 1. The van der Waals surface area contributed by atoms with E-state index in [-0.39, 0.29) is 65.5 Å². The summed E-state index contributed by atoms with van der Waals surface area (Å²) < 4.78 is 43.0.